The first kappa shape index (κ1) is 105. The topological polar surface area (TPSA) is 534 Å². The van der Waals surface area contributed by atoms with Crippen molar-refractivity contribution in [2.24, 2.45) is 22.1 Å². The van der Waals surface area contributed by atoms with Crippen LogP contribution in [0.15, 0.2) is 117 Å². The van der Waals surface area contributed by atoms with Gasteiger partial charge in [0.2, 0.25) is 24.0 Å². The summed E-state index contributed by atoms with van der Waals surface area (Å²) >= 11 is 11.7. The number of halogens is 6. The van der Waals surface area contributed by atoms with Crippen molar-refractivity contribution in [1.82, 2.24) is 40.0 Å². The van der Waals surface area contributed by atoms with E-state index in [1.807, 2.05) is 35.9 Å². The summed E-state index contributed by atoms with van der Waals surface area (Å²) in [4.78, 5) is 156. The number of ether oxygens (including phenoxy) is 4. The fourth-order valence-corrected chi connectivity index (χ4v) is 14.2. The number of quaternary nitrogens is 1. The van der Waals surface area contributed by atoms with Gasteiger partial charge >= 0.3 is 30.2 Å². The minimum absolute atomic E-state index is 0. The number of aromatic nitrogens is 6. The number of β-lactam (4-membered cyclic amide) rings is 2. The molecule has 646 valence electrons. The van der Waals surface area contributed by atoms with Crippen LogP contribution < -0.4 is 58.4 Å². The Bertz CT molecular complexity index is 4560. The molecular formula is C71H88BF3I3N17O19S4V-. The number of nitrogens with one attached hydrogen (secondary N) is 3. The van der Waals surface area contributed by atoms with Crippen LogP contribution >= 0.6 is 114 Å². The number of carbonyl (C=O) groups is 10. The van der Waals surface area contributed by atoms with E-state index in [1.165, 1.54) is 65.3 Å². The molecule has 5 aromatic rings. The van der Waals surface area contributed by atoms with Gasteiger partial charge in [0.15, 0.2) is 28.1 Å². The van der Waals surface area contributed by atoms with Crippen molar-refractivity contribution in [2.45, 2.75) is 129 Å². The Morgan fingerprint density at radius 2 is 1.30 bits per heavy atom. The third kappa shape index (κ3) is 33.1. The number of nitrogens with zero attached hydrogens (tertiary/aromatic N) is 10. The summed E-state index contributed by atoms with van der Waals surface area (Å²) in [5.74, 6) is -8.53. The quantitative estimate of drug-likeness (QED) is 0.00244. The Labute approximate surface area is 752 Å². The number of ketones is 2. The van der Waals surface area contributed by atoms with Gasteiger partial charge in [-0.25, -0.2) is 43.7 Å². The van der Waals surface area contributed by atoms with Crippen LogP contribution in [0.2, 0.25) is 0 Å². The molecular weight excluding hydrogens is 2020 g/mol. The standard InChI is InChI=1S/C32H36IN3O8S2.C25H29N9O7S2.C11H19N5O2.C2HF3O2.CH3.BI2.V/c1-18(30(39)43-32(3,4)5)44-35-26(24-17-45-19(2)34-24)25(37)14-23-28(38)36-27(21(8-7-13-33)16-46-29(23)36)31(40)42-15-20-9-11-22(41-6)12-10-20;1-12(23(37)38)41-32-18(16-10-43-25(28)31-16)17(35)7-14-21(36)34-19(24(39)40)13(9-42-22(14)34)3-2-6-33-8-15(29-5-4-26)20(27)30-11-33;1-11(2,3)18-10(17)15-5-4-14-8-6-13-7-16-9(8)12;3-2(4,5)1(6)7;;2-1-3;/h7-12,17-18,23,29H,13-16H2,1-6H3;2-3,8,10-12,14,22,27,29H,4-7,9,26H2,1H3,(H4,28,31,37,38,39,40);6-7,14H,4-5H2,1-3H3,(H,15,17)(H2,12,13,16);(H,6,7);1H3;;/q;;;;-1;;/b8-7+,35-26-;3-2+,32-18-;;;;;/t18-,23+,29?;12-,14+,22?;;;;;/m00...../s1. The molecule has 119 heavy (non-hydrogen) atoms. The molecule has 2 unspecified atom stereocenters. The van der Waals surface area contributed by atoms with Gasteiger partial charge in [-0.1, -0.05) is 63.3 Å². The normalized spacial score (nSPS) is 16.7. The number of carboxylic acids is 3. The predicted molar refractivity (Wildman–Crippen MR) is 458 cm³/mol. The number of amides is 3. The van der Waals surface area contributed by atoms with Crippen molar-refractivity contribution in [3.05, 3.63) is 136 Å². The maximum atomic E-state index is 13.6. The minimum atomic E-state index is -5.19. The van der Waals surface area contributed by atoms with Gasteiger partial charge in [-0.2, -0.15) is 13.2 Å². The number of anilines is 5. The van der Waals surface area contributed by atoms with Crippen LogP contribution in [-0.4, -0.2) is 203 Å². The fourth-order valence-electron chi connectivity index (χ4n) is 9.99. The third-order valence-electron chi connectivity index (χ3n) is 15.3. The summed E-state index contributed by atoms with van der Waals surface area (Å²) in [7, 11) is 1.57. The van der Waals surface area contributed by atoms with Gasteiger partial charge in [-0.05, 0) is 102 Å². The zero-order valence-electron chi connectivity index (χ0n) is 66.0. The molecule has 4 aliphatic heterocycles. The number of rotatable bonds is 31. The molecule has 2 fully saturated rings. The minimum Gasteiger partial charge on any atom is -0.543 e. The number of nitrogens with two attached hydrogens (primary N) is 3. The molecule has 3 amide bonds. The number of hydrogen-bond donors (Lipinski definition) is 8. The Morgan fingerprint density at radius 1 is 0.782 bits per heavy atom. The van der Waals surface area contributed by atoms with E-state index < -0.39 is 106 Å². The summed E-state index contributed by atoms with van der Waals surface area (Å²) in [5.41, 5.74) is 22.8. The van der Waals surface area contributed by atoms with Crippen molar-refractivity contribution in [3.8, 4) is 5.75 Å². The fraction of sp³-hybridized carbons (Fsp3) is 0.423. The van der Waals surface area contributed by atoms with Gasteiger partial charge in [0, 0.05) is 71.2 Å². The number of Topliss-reactive ketones (excluding diaryl/α,β-unsaturated/α-hetero) is 2. The number of carboxylic acid groups (broad SMARTS) is 3. The van der Waals surface area contributed by atoms with Crippen LogP contribution in [0.1, 0.15) is 90.2 Å². The second-order valence-corrected chi connectivity index (χ2v) is 35.1. The molecule has 0 aliphatic carbocycles. The number of nitrogen functional groups attached to an aromatic ring is 3. The number of oxime groups is 2. The number of allylic oxidation sites excluding steroid dienone is 4. The molecule has 6 atom stereocenters. The van der Waals surface area contributed by atoms with E-state index in [0.29, 0.717) is 83.4 Å². The van der Waals surface area contributed by atoms with E-state index in [2.05, 4.69) is 124 Å². The number of esters is 2. The average Bonchev–Trinajstić information content (AvgIpc) is 0.824. The zero-order chi connectivity index (χ0) is 87.2. The van der Waals surface area contributed by atoms with Gasteiger partial charge < -0.3 is 99.8 Å². The summed E-state index contributed by atoms with van der Waals surface area (Å²) in [6.07, 6.45) is 4.79. The van der Waals surface area contributed by atoms with Crippen molar-refractivity contribution in [3.63, 3.8) is 0 Å². The van der Waals surface area contributed by atoms with Crippen molar-refractivity contribution >= 4 is 215 Å². The maximum absolute atomic E-state index is 13.6. The number of benzene rings is 1. The molecule has 13 N–H and O–H groups in total. The van der Waals surface area contributed by atoms with E-state index in [1.54, 1.807) is 99.9 Å². The van der Waals surface area contributed by atoms with Gasteiger partial charge in [0.05, 0.1) is 71.3 Å². The number of aliphatic carboxylic acids is 3. The number of alkyl halides is 4. The van der Waals surface area contributed by atoms with Crippen LogP contribution in [0.3, 0.4) is 0 Å². The van der Waals surface area contributed by atoms with E-state index in [0.717, 1.165) is 26.2 Å². The van der Waals surface area contributed by atoms with Crippen LogP contribution in [-0.2, 0) is 98.7 Å². The average molecular weight is 2110 g/mol. The number of thioether (sulfide) groups is 2. The molecule has 2 radical (unpaired) electrons. The SMILES string of the molecule is CC(C)(C)OC(=O)NCCNc1cncnc1N.COc1ccc(COC(=O)C2=C(/C=C/CI)CSC3[C@H](CC(=O)/C(=N\O[C@@H](C)C(=O)OC(C)(C)C)c4csc(C)n4)C(=O)N23)cc1.C[C@H](O/N=C(\C(=O)C[C@@H]1C(=O)N2C(C(=O)[O-])=C(/C=C/C[n+]3cnc(N)c(NCC[NH3+])c3)CSC12)c1csc(N)n1)C(=O)O.I[B]I.O=C([O-])C(F)(F)F.[CH3-].[V]. The third-order valence-corrected chi connectivity index (χ3v) is 20.0. The molecule has 0 saturated carbocycles. The number of thiazole rings is 2. The molecule has 1 aromatic carbocycles. The second-order valence-electron chi connectivity index (χ2n) is 26.5. The molecule has 2 saturated heterocycles. The Hall–Kier alpha value is -8.47. The number of aryl methyl sites for hydroxylation is 1. The summed E-state index contributed by atoms with van der Waals surface area (Å²) < 4.78 is 57.2. The van der Waals surface area contributed by atoms with E-state index in [9.17, 15) is 61.4 Å². The number of hydrogen-bond acceptors (Lipinski definition) is 34. The van der Waals surface area contributed by atoms with Crippen LogP contribution in [0, 0.1) is 26.2 Å². The Morgan fingerprint density at radius 3 is 1.79 bits per heavy atom. The van der Waals surface area contributed by atoms with Crippen molar-refractivity contribution < 1.29 is 134 Å². The first-order chi connectivity index (χ1) is 55.1. The first-order valence-electron chi connectivity index (χ1n) is 34.7. The number of carbonyl (C=O) groups excluding carboxylic acids is 9. The predicted octanol–water partition coefficient (Wildman–Crippen LogP) is 5.11. The zero-order valence-corrected chi connectivity index (χ0v) is 77.1. The Balaban J connectivity index is 0.000000461. The second kappa shape index (κ2) is 50.1. The van der Waals surface area contributed by atoms with Gasteiger partial charge in [0.25, 0.3) is 15.1 Å². The summed E-state index contributed by atoms with van der Waals surface area (Å²) in [5, 5.41) is 49.4. The number of fused-ring (bicyclic) bond motifs is 2. The van der Waals surface area contributed by atoms with Gasteiger partial charge in [-0.3, -0.25) is 29.0 Å². The molecule has 8 heterocycles. The van der Waals surface area contributed by atoms with E-state index >= 15 is 0 Å². The smallest absolute Gasteiger partial charge is 0.430 e. The summed E-state index contributed by atoms with van der Waals surface area (Å²) in [6.45, 7) is 17.7. The first-order valence-corrected chi connectivity index (χ1v) is 42.6. The van der Waals surface area contributed by atoms with Crippen LogP contribution in [0.25, 0.3) is 0 Å². The van der Waals surface area contributed by atoms with E-state index in [4.69, 9.17) is 60.8 Å². The van der Waals surface area contributed by atoms with Crippen molar-refractivity contribution in [1.29, 1.82) is 0 Å². The number of alkyl carbamates (subject to hydrolysis) is 1. The molecule has 48 heteroatoms. The molecule has 0 spiro atoms. The maximum Gasteiger partial charge on any atom is 0.430 e. The van der Waals surface area contributed by atoms with Crippen molar-refractivity contribution in [2.75, 3.05) is 77.1 Å². The Kier molecular flexibility index (Phi) is 44.1. The van der Waals surface area contributed by atoms with Gasteiger partial charge in [-0.15, -0.1) is 90.9 Å². The van der Waals surface area contributed by atoms with Gasteiger partial charge in [0.1, 0.15) is 77.2 Å². The largest absolute Gasteiger partial charge is 0.543 e. The monoisotopic (exact) mass is 2110 g/mol. The van der Waals surface area contributed by atoms with Crippen LogP contribution in [0.4, 0.5) is 46.1 Å². The molecule has 4 aromatic heterocycles. The van der Waals surface area contributed by atoms with Crippen LogP contribution in [0.5, 0.6) is 5.75 Å². The number of methoxy groups -OCH3 is 1. The summed E-state index contributed by atoms with van der Waals surface area (Å²) in [6, 6.07) is 7.15. The molecule has 9 rings (SSSR count). The molecule has 0 bridgehead atoms. The molecule has 4 aliphatic rings. The van der Waals surface area contributed by atoms with E-state index in [-0.39, 0.29) is 96.4 Å². The molecule has 36 nitrogen and oxygen atoms in total.